The number of rotatable bonds is 2. The maximum atomic E-state index is 5.65. The molecule has 2 N–H and O–H groups in total. The number of nitrogen functional groups attached to an aromatic ring is 1. The minimum Gasteiger partial charge on any atom is -0.440 e. The van der Waals surface area contributed by atoms with Crippen LogP contribution in [0.15, 0.2) is 39.4 Å². The SMILES string of the molecule is Cc1cc(Sc2ncco2)ncc1N. The Hall–Kier alpha value is -1.49. The first-order valence-electron chi connectivity index (χ1n) is 4.05. The average molecular weight is 207 g/mol. The molecular formula is C9H9N3OS. The molecule has 0 atom stereocenters. The van der Waals surface area contributed by atoms with Gasteiger partial charge < -0.3 is 10.2 Å². The third-order valence-corrected chi connectivity index (χ3v) is 2.54. The van der Waals surface area contributed by atoms with E-state index in [2.05, 4.69) is 9.97 Å². The van der Waals surface area contributed by atoms with Crippen LogP contribution in [0.4, 0.5) is 5.69 Å². The average Bonchev–Trinajstić information content (AvgIpc) is 2.64. The van der Waals surface area contributed by atoms with Crippen LogP contribution in [-0.4, -0.2) is 9.97 Å². The molecule has 0 amide bonds. The number of oxazole rings is 1. The van der Waals surface area contributed by atoms with Gasteiger partial charge in [-0.3, -0.25) is 0 Å². The summed E-state index contributed by atoms with van der Waals surface area (Å²) in [5.74, 6) is 0. The molecule has 0 fully saturated rings. The van der Waals surface area contributed by atoms with Crippen LogP contribution < -0.4 is 5.73 Å². The number of aromatic nitrogens is 2. The Bertz CT molecular complexity index is 428. The van der Waals surface area contributed by atoms with Gasteiger partial charge in [0.15, 0.2) is 0 Å². The normalized spacial score (nSPS) is 10.4. The van der Waals surface area contributed by atoms with Crippen LogP contribution in [0.25, 0.3) is 0 Å². The Balaban J connectivity index is 2.22. The molecule has 0 aliphatic rings. The molecule has 0 aliphatic carbocycles. The van der Waals surface area contributed by atoms with Crippen molar-refractivity contribution in [3.8, 4) is 0 Å². The van der Waals surface area contributed by atoms with Gasteiger partial charge in [0, 0.05) is 0 Å². The number of anilines is 1. The van der Waals surface area contributed by atoms with Gasteiger partial charge >= 0.3 is 0 Å². The number of pyridine rings is 1. The molecule has 0 saturated carbocycles. The number of aryl methyl sites for hydroxylation is 1. The first kappa shape index (κ1) is 9.08. The van der Waals surface area contributed by atoms with E-state index in [1.54, 1.807) is 12.4 Å². The van der Waals surface area contributed by atoms with Crippen LogP contribution in [0, 0.1) is 6.92 Å². The van der Waals surface area contributed by atoms with E-state index in [-0.39, 0.29) is 0 Å². The zero-order chi connectivity index (χ0) is 9.97. The predicted octanol–water partition coefficient (Wildman–Crippen LogP) is 2.11. The number of hydrogen-bond acceptors (Lipinski definition) is 5. The van der Waals surface area contributed by atoms with E-state index in [0.717, 1.165) is 10.6 Å². The second kappa shape index (κ2) is 3.71. The van der Waals surface area contributed by atoms with Gasteiger partial charge in [0.1, 0.15) is 11.3 Å². The molecule has 72 valence electrons. The van der Waals surface area contributed by atoms with Gasteiger partial charge in [-0.15, -0.1) is 0 Å². The van der Waals surface area contributed by atoms with E-state index in [1.807, 2.05) is 13.0 Å². The maximum absolute atomic E-state index is 5.65. The molecule has 0 unspecified atom stereocenters. The van der Waals surface area contributed by atoms with Crippen molar-refractivity contribution in [3.63, 3.8) is 0 Å². The van der Waals surface area contributed by atoms with Crippen LogP contribution in [-0.2, 0) is 0 Å². The molecule has 2 aromatic heterocycles. The topological polar surface area (TPSA) is 64.9 Å². The zero-order valence-electron chi connectivity index (χ0n) is 7.60. The monoisotopic (exact) mass is 207 g/mol. The summed E-state index contributed by atoms with van der Waals surface area (Å²) in [6.45, 7) is 1.94. The summed E-state index contributed by atoms with van der Waals surface area (Å²) in [7, 11) is 0. The maximum Gasteiger partial charge on any atom is 0.261 e. The minimum absolute atomic E-state index is 0.585. The van der Waals surface area contributed by atoms with Crippen molar-refractivity contribution in [2.24, 2.45) is 0 Å². The number of hydrogen-bond donors (Lipinski definition) is 1. The summed E-state index contributed by atoms with van der Waals surface area (Å²) >= 11 is 1.37. The fourth-order valence-electron chi connectivity index (χ4n) is 0.947. The molecule has 0 aromatic carbocycles. The van der Waals surface area contributed by atoms with Crippen molar-refractivity contribution in [2.45, 2.75) is 17.2 Å². The molecule has 14 heavy (non-hydrogen) atoms. The van der Waals surface area contributed by atoms with Crippen LogP contribution in [0.1, 0.15) is 5.56 Å². The predicted molar refractivity (Wildman–Crippen MR) is 54.0 cm³/mol. The van der Waals surface area contributed by atoms with Gasteiger partial charge in [-0.2, -0.15) is 0 Å². The summed E-state index contributed by atoms with van der Waals surface area (Å²) in [6.07, 6.45) is 4.78. The van der Waals surface area contributed by atoms with Crippen LogP contribution >= 0.6 is 11.8 Å². The molecule has 0 bridgehead atoms. The number of nitrogens with two attached hydrogens (primary N) is 1. The van der Waals surface area contributed by atoms with Crippen molar-refractivity contribution in [3.05, 3.63) is 30.3 Å². The van der Waals surface area contributed by atoms with Crippen molar-refractivity contribution in [2.75, 3.05) is 5.73 Å². The summed E-state index contributed by atoms with van der Waals surface area (Å²) < 4.78 is 5.09. The molecular weight excluding hydrogens is 198 g/mol. The quantitative estimate of drug-likeness (QED) is 0.817. The second-order valence-electron chi connectivity index (χ2n) is 2.78. The summed E-state index contributed by atoms with van der Waals surface area (Å²) in [6, 6.07) is 1.91. The van der Waals surface area contributed by atoms with E-state index in [0.29, 0.717) is 10.9 Å². The lowest BCUT2D eigenvalue weighted by Gasteiger charge is -2.00. The molecule has 2 aromatic rings. The summed E-state index contributed by atoms with van der Waals surface area (Å²) in [5.41, 5.74) is 7.36. The highest BCUT2D eigenvalue weighted by Crippen LogP contribution is 2.25. The summed E-state index contributed by atoms with van der Waals surface area (Å²) in [4.78, 5) is 8.14. The lowest BCUT2D eigenvalue weighted by Crippen LogP contribution is -1.91. The van der Waals surface area contributed by atoms with Crippen LogP contribution in [0.5, 0.6) is 0 Å². The molecule has 2 heterocycles. The van der Waals surface area contributed by atoms with Crippen molar-refractivity contribution in [1.29, 1.82) is 0 Å². The third kappa shape index (κ3) is 1.88. The highest BCUT2D eigenvalue weighted by Gasteiger charge is 2.03. The Labute approximate surface area is 85.6 Å². The van der Waals surface area contributed by atoms with Crippen molar-refractivity contribution < 1.29 is 4.42 Å². The third-order valence-electron chi connectivity index (χ3n) is 1.73. The van der Waals surface area contributed by atoms with Crippen molar-refractivity contribution >= 4 is 17.4 Å². The minimum atomic E-state index is 0.585. The van der Waals surface area contributed by atoms with E-state index in [1.165, 1.54) is 18.0 Å². The van der Waals surface area contributed by atoms with Gasteiger partial charge in [-0.05, 0) is 30.3 Å². The van der Waals surface area contributed by atoms with Gasteiger partial charge in [0.25, 0.3) is 5.22 Å². The molecule has 0 radical (unpaired) electrons. The second-order valence-corrected chi connectivity index (χ2v) is 3.75. The fraction of sp³-hybridized carbons (Fsp3) is 0.111. The molecule has 0 aliphatic heterocycles. The van der Waals surface area contributed by atoms with Gasteiger partial charge in [0.05, 0.1) is 18.1 Å². The van der Waals surface area contributed by atoms with Gasteiger partial charge in [-0.1, -0.05) is 0 Å². The molecule has 5 heteroatoms. The van der Waals surface area contributed by atoms with E-state index < -0.39 is 0 Å². The van der Waals surface area contributed by atoms with E-state index in [4.69, 9.17) is 10.2 Å². The fourth-order valence-corrected chi connectivity index (χ4v) is 1.68. The van der Waals surface area contributed by atoms with Crippen LogP contribution in [0.2, 0.25) is 0 Å². The van der Waals surface area contributed by atoms with E-state index >= 15 is 0 Å². The Kier molecular flexibility index (Phi) is 2.41. The van der Waals surface area contributed by atoms with Crippen LogP contribution in [0.3, 0.4) is 0 Å². The highest BCUT2D eigenvalue weighted by molar-refractivity contribution is 7.99. The lowest BCUT2D eigenvalue weighted by molar-refractivity contribution is 0.454. The Morgan fingerprint density at radius 1 is 1.43 bits per heavy atom. The van der Waals surface area contributed by atoms with E-state index in [9.17, 15) is 0 Å². The number of nitrogens with zero attached hydrogens (tertiary/aromatic N) is 2. The Morgan fingerprint density at radius 2 is 2.29 bits per heavy atom. The van der Waals surface area contributed by atoms with Crippen molar-refractivity contribution in [1.82, 2.24) is 9.97 Å². The molecule has 2 rings (SSSR count). The Morgan fingerprint density at radius 3 is 2.93 bits per heavy atom. The lowest BCUT2D eigenvalue weighted by atomic mass is 10.3. The standard InChI is InChI=1S/C9H9N3OS/c1-6-4-8(12-5-7(6)10)14-9-11-2-3-13-9/h2-5H,10H2,1H3. The smallest absolute Gasteiger partial charge is 0.261 e. The first-order valence-corrected chi connectivity index (χ1v) is 4.87. The highest BCUT2D eigenvalue weighted by atomic mass is 32.2. The van der Waals surface area contributed by atoms with Gasteiger partial charge in [0.2, 0.25) is 0 Å². The van der Waals surface area contributed by atoms with Gasteiger partial charge in [-0.25, -0.2) is 9.97 Å². The summed E-state index contributed by atoms with van der Waals surface area (Å²) in [5, 5.41) is 1.42. The molecule has 0 saturated heterocycles. The zero-order valence-corrected chi connectivity index (χ0v) is 8.41. The largest absolute Gasteiger partial charge is 0.440 e. The molecule has 0 spiro atoms. The first-order chi connectivity index (χ1) is 6.75. The molecule has 4 nitrogen and oxygen atoms in total.